The molecular formula is C16H21NO2. The molecule has 0 bridgehead atoms. The zero-order valence-electron chi connectivity index (χ0n) is 11.4. The topological polar surface area (TPSA) is 38.3 Å². The van der Waals surface area contributed by atoms with Crippen molar-refractivity contribution in [1.82, 2.24) is 0 Å². The quantitative estimate of drug-likeness (QED) is 0.817. The Kier molecular flexibility index (Phi) is 5.01. The van der Waals surface area contributed by atoms with Crippen LogP contribution in [0.5, 0.6) is 5.75 Å². The molecule has 3 heteroatoms. The number of carbonyl (C=O) groups excluding carboxylic acids is 1. The zero-order chi connectivity index (χ0) is 13.5. The van der Waals surface area contributed by atoms with E-state index in [1.54, 1.807) is 0 Å². The Morgan fingerprint density at radius 2 is 2.21 bits per heavy atom. The SMILES string of the molecule is CCCOc1ccccc1NC(=O)C1CC=CCC1. The first kappa shape index (κ1) is 13.7. The highest BCUT2D eigenvalue weighted by molar-refractivity contribution is 5.94. The maximum atomic E-state index is 12.2. The summed E-state index contributed by atoms with van der Waals surface area (Å²) in [7, 11) is 0. The number of amides is 1. The van der Waals surface area contributed by atoms with Crippen molar-refractivity contribution in [1.29, 1.82) is 0 Å². The molecule has 0 aromatic heterocycles. The molecule has 1 N–H and O–H groups in total. The number of rotatable bonds is 5. The maximum absolute atomic E-state index is 12.2. The number of para-hydroxylation sites is 2. The molecule has 102 valence electrons. The Labute approximate surface area is 114 Å². The van der Waals surface area contributed by atoms with E-state index in [1.807, 2.05) is 24.3 Å². The lowest BCUT2D eigenvalue weighted by molar-refractivity contribution is -0.120. The summed E-state index contributed by atoms with van der Waals surface area (Å²) in [6.45, 7) is 2.73. The van der Waals surface area contributed by atoms with Gasteiger partial charge in [-0.1, -0.05) is 31.2 Å². The van der Waals surface area contributed by atoms with Crippen LogP contribution < -0.4 is 10.1 Å². The van der Waals surface area contributed by atoms with Crippen LogP contribution in [0.15, 0.2) is 36.4 Å². The van der Waals surface area contributed by atoms with Gasteiger partial charge in [0, 0.05) is 5.92 Å². The van der Waals surface area contributed by atoms with Crippen LogP contribution in [-0.4, -0.2) is 12.5 Å². The van der Waals surface area contributed by atoms with Crippen LogP contribution >= 0.6 is 0 Å². The summed E-state index contributed by atoms with van der Waals surface area (Å²) in [6, 6.07) is 7.62. The van der Waals surface area contributed by atoms with E-state index < -0.39 is 0 Å². The average Bonchev–Trinajstić information content (AvgIpc) is 2.47. The largest absolute Gasteiger partial charge is 0.491 e. The minimum Gasteiger partial charge on any atom is -0.491 e. The highest BCUT2D eigenvalue weighted by Gasteiger charge is 2.19. The lowest BCUT2D eigenvalue weighted by atomic mass is 9.93. The number of benzene rings is 1. The predicted octanol–water partition coefficient (Wildman–Crippen LogP) is 3.77. The molecule has 19 heavy (non-hydrogen) atoms. The molecule has 0 saturated carbocycles. The molecule has 1 aliphatic carbocycles. The fourth-order valence-electron chi connectivity index (χ4n) is 2.17. The third-order valence-corrected chi connectivity index (χ3v) is 3.25. The van der Waals surface area contributed by atoms with Crippen molar-refractivity contribution >= 4 is 11.6 Å². The highest BCUT2D eigenvalue weighted by Crippen LogP contribution is 2.26. The van der Waals surface area contributed by atoms with Gasteiger partial charge in [0.1, 0.15) is 5.75 Å². The summed E-state index contributed by atoms with van der Waals surface area (Å²) in [4.78, 5) is 12.2. The first-order chi connectivity index (χ1) is 9.31. The second-order valence-electron chi connectivity index (χ2n) is 4.82. The third-order valence-electron chi connectivity index (χ3n) is 3.25. The van der Waals surface area contributed by atoms with Gasteiger partial charge in [0.25, 0.3) is 0 Å². The van der Waals surface area contributed by atoms with Crippen molar-refractivity contribution in [2.75, 3.05) is 11.9 Å². The summed E-state index contributed by atoms with van der Waals surface area (Å²) in [5.41, 5.74) is 0.774. The Hall–Kier alpha value is -1.77. The molecule has 0 saturated heterocycles. The fourth-order valence-corrected chi connectivity index (χ4v) is 2.17. The number of ether oxygens (including phenoxy) is 1. The molecule has 1 amide bonds. The van der Waals surface area contributed by atoms with E-state index in [0.29, 0.717) is 6.61 Å². The molecule has 1 atom stereocenters. The van der Waals surface area contributed by atoms with Crippen molar-refractivity contribution < 1.29 is 9.53 Å². The molecule has 1 aromatic rings. The third kappa shape index (κ3) is 3.85. The van der Waals surface area contributed by atoms with Gasteiger partial charge in [-0.05, 0) is 37.8 Å². The van der Waals surface area contributed by atoms with Gasteiger partial charge in [-0.25, -0.2) is 0 Å². The molecule has 0 spiro atoms. The van der Waals surface area contributed by atoms with E-state index in [4.69, 9.17) is 4.74 Å². The van der Waals surface area contributed by atoms with E-state index in [2.05, 4.69) is 24.4 Å². The molecule has 0 radical (unpaired) electrons. The number of allylic oxidation sites excluding steroid dienone is 2. The van der Waals surface area contributed by atoms with Crippen molar-refractivity contribution in [3.8, 4) is 5.75 Å². The molecule has 3 nitrogen and oxygen atoms in total. The minimum absolute atomic E-state index is 0.0873. The van der Waals surface area contributed by atoms with Crippen LogP contribution in [0.4, 0.5) is 5.69 Å². The van der Waals surface area contributed by atoms with Gasteiger partial charge >= 0.3 is 0 Å². The molecule has 0 heterocycles. The Balaban J connectivity index is 2.01. The number of hydrogen-bond acceptors (Lipinski definition) is 2. The van der Waals surface area contributed by atoms with Crippen LogP contribution in [0.3, 0.4) is 0 Å². The lowest BCUT2D eigenvalue weighted by Gasteiger charge is -2.18. The van der Waals surface area contributed by atoms with Gasteiger partial charge in [0.05, 0.1) is 12.3 Å². The van der Waals surface area contributed by atoms with Gasteiger partial charge in [-0.3, -0.25) is 4.79 Å². The summed E-state index contributed by atoms with van der Waals surface area (Å²) in [6.07, 6.45) is 7.95. The van der Waals surface area contributed by atoms with Crippen LogP contribution in [0.1, 0.15) is 32.6 Å². The fraction of sp³-hybridized carbons (Fsp3) is 0.438. The van der Waals surface area contributed by atoms with Crippen molar-refractivity contribution in [3.63, 3.8) is 0 Å². The van der Waals surface area contributed by atoms with Crippen LogP contribution in [0.2, 0.25) is 0 Å². The van der Waals surface area contributed by atoms with E-state index >= 15 is 0 Å². The van der Waals surface area contributed by atoms with Crippen molar-refractivity contribution in [2.45, 2.75) is 32.6 Å². The van der Waals surface area contributed by atoms with Gasteiger partial charge in [-0.2, -0.15) is 0 Å². The van der Waals surface area contributed by atoms with Crippen LogP contribution in [-0.2, 0) is 4.79 Å². The molecule has 1 aliphatic rings. The van der Waals surface area contributed by atoms with Crippen LogP contribution in [0.25, 0.3) is 0 Å². The minimum atomic E-state index is 0.0873. The standard InChI is InChI=1S/C16H21NO2/c1-2-12-19-15-11-7-6-10-14(15)17-16(18)13-8-4-3-5-9-13/h3-4,6-7,10-11,13H,2,5,8-9,12H2,1H3,(H,17,18). The summed E-state index contributed by atoms with van der Waals surface area (Å²) < 4.78 is 5.65. The second-order valence-corrected chi connectivity index (χ2v) is 4.82. The maximum Gasteiger partial charge on any atom is 0.227 e. The van der Waals surface area contributed by atoms with E-state index in [1.165, 1.54) is 0 Å². The van der Waals surface area contributed by atoms with Gasteiger partial charge in [-0.15, -0.1) is 0 Å². The first-order valence-electron chi connectivity index (χ1n) is 6.99. The summed E-state index contributed by atoms with van der Waals surface area (Å²) in [5.74, 6) is 0.935. The number of anilines is 1. The molecule has 1 aromatic carbocycles. The number of nitrogens with one attached hydrogen (secondary N) is 1. The average molecular weight is 259 g/mol. The molecule has 0 aliphatic heterocycles. The Bertz CT molecular complexity index is 454. The number of hydrogen-bond donors (Lipinski definition) is 1. The molecule has 1 unspecified atom stereocenters. The monoisotopic (exact) mass is 259 g/mol. The van der Waals surface area contributed by atoms with Crippen molar-refractivity contribution in [2.24, 2.45) is 5.92 Å². The van der Waals surface area contributed by atoms with E-state index in [-0.39, 0.29) is 11.8 Å². The van der Waals surface area contributed by atoms with Crippen molar-refractivity contribution in [3.05, 3.63) is 36.4 Å². The van der Waals surface area contributed by atoms with Gasteiger partial charge in [0.2, 0.25) is 5.91 Å². The van der Waals surface area contributed by atoms with E-state index in [9.17, 15) is 4.79 Å². The smallest absolute Gasteiger partial charge is 0.227 e. The second kappa shape index (κ2) is 6.98. The highest BCUT2D eigenvalue weighted by atomic mass is 16.5. The zero-order valence-corrected chi connectivity index (χ0v) is 11.4. The lowest BCUT2D eigenvalue weighted by Crippen LogP contribution is -2.23. The molecule has 0 fully saturated rings. The Morgan fingerprint density at radius 1 is 1.37 bits per heavy atom. The number of carbonyl (C=O) groups is 1. The van der Waals surface area contributed by atoms with Gasteiger partial charge in [0.15, 0.2) is 0 Å². The normalized spacial score (nSPS) is 18.1. The summed E-state index contributed by atoms with van der Waals surface area (Å²) >= 11 is 0. The van der Waals surface area contributed by atoms with Crippen LogP contribution in [0, 0.1) is 5.92 Å². The Morgan fingerprint density at radius 3 is 2.95 bits per heavy atom. The first-order valence-corrected chi connectivity index (χ1v) is 6.99. The predicted molar refractivity (Wildman–Crippen MR) is 77.3 cm³/mol. The van der Waals surface area contributed by atoms with Gasteiger partial charge < -0.3 is 10.1 Å². The molecular weight excluding hydrogens is 238 g/mol. The van der Waals surface area contributed by atoms with E-state index in [0.717, 1.165) is 37.1 Å². The molecule has 2 rings (SSSR count). The summed E-state index contributed by atoms with van der Waals surface area (Å²) in [5, 5.41) is 2.99.